The van der Waals surface area contributed by atoms with Crippen molar-refractivity contribution in [2.75, 3.05) is 0 Å². The van der Waals surface area contributed by atoms with E-state index in [1.54, 1.807) is 6.92 Å². The molecule has 2 aromatic rings. The van der Waals surface area contributed by atoms with Crippen LogP contribution in [-0.2, 0) is 22.9 Å². The topological polar surface area (TPSA) is 89.3 Å². The Kier molecular flexibility index (Phi) is 4.87. The Labute approximate surface area is 147 Å². The summed E-state index contributed by atoms with van der Waals surface area (Å²) in [6.45, 7) is 1.78. The molecule has 2 aromatic carbocycles. The number of hydrogen-bond acceptors (Lipinski definition) is 4. The summed E-state index contributed by atoms with van der Waals surface area (Å²) in [7, 11) is -3.84. The Morgan fingerprint density at radius 3 is 2.52 bits per heavy atom. The van der Waals surface area contributed by atoms with Crippen molar-refractivity contribution in [3.63, 3.8) is 0 Å². The molecule has 132 valence electrons. The molecule has 6 nitrogen and oxygen atoms in total. The number of benzene rings is 2. The summed E-state index contributed by atoms with van der Waals surface area (Å²) in [4.78, 5) is 10.1. The molecule has 1 atom stereocenters. The van der Waals surface area contributed by atoms with E-state index in [-0.39, 0.29) is 10.6 Å². The minimum atomic E-state index is -3.84. The van der Waals surface area contributed by atoms with E-state index in [1.165, 1.54) is 35.7 Å². The highest BCUT2D eigenvalue weighted by Crippen LogP contribution is 2.26. The molecule has 0 amide bonds. The summed E-state index contributed by atoms with van der Waals surface area (Å²) < 4.78 is 27.7. The number of nitro benzene ring substituents is 1. The van der Waals surface area contributed by atoms with Crippen molar-refractivity contribution in [1.82, 2.24) is 4.72 Å². The van der Waals surface area contributed by atoms with Gasteiger partial charge in [-0.05, 0) is 55.4 Å². The predicted octanol–water partition coefficient (Wildman–Crippen LogP) is 3.51. The number of nitro groups is 1. The van der Waals surface area contributed by atoms with E-state index >= 15 is 0 Å². The predicted molar refractivity (Wildman–Crippen MR) is 94.9 cm³/mol. The van der Waals surface area contributed by atoms with Crippen LogP contribution in [0, 0.1) is 10.1 Å². The molecule has 1 aliphatic rings. The minimum absolute atomic E-state index is 0.105. The number of rotatable bonds is 5. The lowest BCUT2D eigenvalue weighted by atomic mass is 9.89. The maximum Gasteiger partial charge on any atom is 0.270 e. The first kappa shape index (κ1) is 17.6. The monoisotopic (exact) mass is 360 g/mol. The van der Waals surface area contributed by atoms with Crippen LogP contribution in [0.4, 0.5) is 5.69 Å². The van der Waals surface area contributed by atoms with E-state index in [4.69, 9.17) is 0 Å². The second-order valence-electron chi connectivity index (χ2n) is 6.33. The Bertz CT molecular complexity index is 909. The lowest BCUT2D eigenvalue weighted by Gasteiger charge is -2.20. The molecule has 0 heterocycles. The summed E-state index contributed by atoms with van der Waals surface area (Å²) in [5, 5.41) is 10.9. The minimum Gasteiger partial charge on any atom is -0.258 e. The van der Waals surface area contributed by atoms with Gasteiger partial charge in [0.2, 0.25) is 10.0 Å². The third-order valence-corrected chi connectivity index (χ3v) is 6.08. The fourth-order valence-electron chi connectivity index (χ4n) is 3.16. The molecule has 0 saturated carbocycles. The van der Waals surface area contributed by atoms with E-state index in [0.29, 0.717) is 0 Å². The van der Waals surface area contributed by atoms with E-state index < -0.39 is 21.0 Å². The van der Waals surface area contributed by atoms with Gasteiger partial charge in [-0.15, -0.1) is 0 Å². The average molecular weight is 360 g/mol. The number of sulfonamides is 1. The molecule has 0 saturated heterocycles. The van der Waals surface area contributed by atoms with Crippen molar-refractivity contribution < 1.29 is 13.3 Å². The van der Waals surface area contributed by atoms with Crippen LogP contribution in [0.25, 0.3) is 0 Å². The van der Waals surface area contributed by atoms with E-state index in [1.807, 2.05) is 6.07 Å². The third kappa shape index (κ3) is 3.88. The fourth-order valence-corrected chi connectivity index (χ4v) is 4.43. The van der Waals surface area contributed by atoms with Crippen LogP contribution in [0.1, 0.15) is 42.5 Å². The summed E-state index contributed by atoms with van der Waals surface area (Å²) in [6.07, 6.45) is 4.45. The number of non-ortho nitro benzene ring substituents is 1. The molecule has 0 bridgehead atoms. The number of aryl methyl sites for hydroxylation is 2. The molecule has 7 heteroatoms. The van der Waals surface area contributed by atoms with E-state index in [9.17, 15) is 18.5 Å². The Hall–Kier alpha value is -2.25. The van der Waals surface area contributed by atoms with Crippen molar-refractivity contribution in [3.05, 3.63) is 69.3 Å². The summed E-state index contributed by atoms with van der Waals surface area (Å²) >= 11 is 0. The van der Waals surface area contributed by atoms with Crippen LogP contribution in [0.2, 0.25) is 0 Å². The maximum atomic E-state index is 12.5. The second kappa shape index (κ2) is 6.93. The molecule has 0 fully saturated rings. The van der Waals surface area contributed by atoms with Crippen molar-refractivity contribution in [2.24, 2.45) is 0 Å². The van der Waals surface area contributed by atoms with Gasteiger partial charge in [-0.1, -0.05) is 24.3 Å². The maximum absolute atomic E-state index is 12.5. The molecule has 0 spiro atoms. The summed E-state index contributed by atoms with van der Waals surface area (Å²) in [5.41, 5.74) is 3.27. The number of fused-ring (bicyclic) bond motifs is 1. The van der Waals surface area contributed by atoms with E-state index in [0.717, 1.165) is 30.9 Å². The van der Waals surface area contributed by atoms with Gasteiger partial charge in [0.1, 0.15) is 0 Å². The van der Waals surface area contributed by atoms with Crippen molar-refractivity contribution >= 4 is 15.7 Å². The van der Waals surface area contributed by atoms with Gasteiger partial charge in [0.15, 0.2) is 0 Å². The van der Waals surface area contributed by atoms with Gasteiger partial charge in [0.25, 0.3) is 5.69 Å². The van der Waals surface area contributed by atoms with Gasteiger partial charge in [0, 0.05) is 18.2 Å². The first-order valence-corrected chi connectivity index (χ1v) is 9.73. The summed E-state index contributed by atoms with van der Waals surface area (Å²) in [5.74, 6) is 0. The molecule has 0 aliphatic heterocycles. The van der Waals surface area contributed by atoms with Crippen LogP contribution in [0.5, 0.6) is 0 Å². The molecular weight excluding hydrogens is 340 g/mol. The zero-order valence-corrected chi connectivity index (χ0v) is 14.8. The molecule has 1 N–H and O–H groups in total. The largest absolute Gasteiger partial charge is 0.270 e. The number of nitrogens with one attached hydrogen (secondary N) is 1. The standard InChI is InChI=1S/C18H20N2O4S/c1-13(15-10-9-14-5-2-3-6-16(14)11-15)19-25(23,24)18-8-4-7-17(12-18)20(21)22/h4,7-13,19H,2-3,5-6H2,1H3. The van der Waals surface area contributed by atoms with E-state index in [2.05, 4.69) is 16.9 Å². The van der Waals surface area contributed by atoms with Crippen molar-refractivity contribution in [1.29, 1.82) is 0 Å². The van der Waals surface area contributed by atoms with Crippen LogP contribution >= 0.6 is 0 Å². The SMILES string of the molecule is CC(NS(=O)(=O)c1cccc([N+](=O)[O-])c1)c1ccc2c(c1)CCCC2. The van der Waals surface area contributed by atoms with Gasteiger partial charge < -0.3 is 0 Å². The average Bonchev–Trinajstić information content (AvgIpc) is 2.61. The lowest BCUT2D eigenvalue weighted by Crippen LogP contribution is -2.27. The number of nitrogens with zero attached hydrogens (tertiary/aromatic N) is 1. The Morgan fingerprint density at radius 1 is 1.08 bits per heavy atom. The molecular formula is C18H20N2O4S. The zero-order chi connectivity index (χ0) is 18.0. The highest BCUT2D eigenvalue weighted by atomic mass is 32.2. The van der Waals surface area contributed by atoms with Gasteiger partial charge in [-0.25, -0.2) is 13.1 Å². The molecule has 3 rings (SSSR count). The molecule has 0 radical (unpaired) electrons. The molecule has 25 heavy (non-hydrogen) atoms. The number of hydrogen-bond donors (Lipinski definition) is 1. The van der Waals surface area contributed by atoms with Crippen molar-refractivity contribution in [2.45, 2.75) is 43.5 Å². The smallest absolute Gasteiger partial charge is 0.258 e. The normalized spacial score (nSPS) is 15.4. The lowest BCUT2D eigenvalue weighted by molar-refractivity contribution is -0.385. The summed E-state index contributed by atoms with van der Waals surface area (Å²) in [6, 6.07) is 10.7. The van der Waals surface area contributed by atoms with Crippen LogP contribution in [0.3, 0.4) is 0 Å². The molecule has 1 aliphatic carbocycles. The van der Waals surface area contributed by atoms with Gasteiger partial charge in [0.05, 0.1) is 9.82 Å². The Morgan fingerprint density at radius 2 is 1.80 bits per heavy atom. The first-order chi connectivity index (χ1) is 11.9. The highest BCUT2D eigenvalue weighted by Gasteiger charge is 2.21. The first-order valence-electron chi connectivity index (χ1n) is 8.25. The van der Waals surface area contributed by atoms with Crippen LogP contribution in [-0.4, -0.2) is 13.3 Å². The third-order valence-electron chi connectivity index (χ3n) is 4.54. The van der Waals surface area contributed by atoms with Crippen molar-refractivity contribution in [3.8, 4) is 0 Å². The second-order valence-corrected chi connectivity index (χ2v) is 8.05. The molecule has 0 aromatic heterocycles. The zero-order valence-electron chi connectivity index (χ0n) is 13.9. The van der Waals surface area contributed by atoms with Gasteiger partial charge in [-0.2, -0.15) is 0 Å². The highest BCUT2D eigenvalue weighted by molar-refractivity contribution is 7.89. The van der Waals surface area contributed by atoms with Gasteiger partial charge in [-0.3, -0.25) is 10.1 Å². The quantitative estimate of drug-likeness (QED) is 0.653. The van der Waals surface area contributed by atoms with Crippen LogP contribution in [0.15, 0.2) is 47.4 Å². The fraction of sp³-hybridized carbons (Fsp3) is 0.333. The Balaban J connectivity index is 1.83. The van der Waals surface area contributed by atoms with Crippen LogP contribution < -0.4 is 4.72 Å². The van der Waals surface area contributed by atoms with Gasteiger partial charge >= 0.3 is 0 Å². The molecule has 1 unspecified atom stereocenters.